The minimum atomic E-state index is -0.245. The summed E-state index contributed by atoms with van der Waals surface area (Å²) in [5.41, 5.74) is 1.05. The molecule has 0 saturated heterocycles. The van der Waals surface area contributed by atoms with Gasteiger partial charge in [0.2, 0.25) is 6.54 Å². The van der Waals surface area contributed by atoms with Crippen LogP contribution in [0, 0.1) is 0 Å². The lowest BCUT2D eigenvalue weighted by Crippen LogP contribution is -2.40. The monoisotopic (exact) mass is 323 g/mol. The summed E-state index contributed by atoms with van der Waals surface area (Å²) in [7, 11) is 0. The highest BCUT2D eigenvalue weighted by molar-refractivity contribution is 6.36. The van der Waals surface area contributed by atoms with Gasteiger partial charge in [0.25, 0.3) is 5.91 Å². The van der Waals surface area contributed by atoms with Crippen LogP contribution < -0.4 is 9.88 Å². The van der Waals surface area contributed by atoms with Crippen LogP contribution in [0.15, 0.2) is 42.7 Å². The fourth-order valence-corrected chi connectivity index (χ4v) is 2.23. The number of benzene rings is 1. The summed E-state index contributed by atoms with van der Waals surface area (Å²) in [6.07, 6.45) is 3.35. The molecule has 0 spiro atoms. The van der Waals surface area contributed by atoms with Crippen molar-refractivity contribution in [2.75, 3.05) is 5.32 Å². The van der Waals surface area contributed by atoms with Gasteiger partial charge in [-0.2, -0.15) is 4.57 Å². The molecular formula is C15H13Cl2N2O2+. The maximum Gasteiger partial charge on any atom is 0.290 e. The second kappa shape index (κ2) is 6.70. The first kappa shape index (κ1) is 15.5. The van der Waals surface area contributed by atoms with Crippen LogP contribution in [0.2, 0.25) is 10.0 Å². The highest BCUT2D eigenvalue weighted by Gasteiger charge is 2.13. The molecule has 1 aromatic carbocycles. The topological polar surface area (TPSA) is 50.0 Å². The molecule has 1 heterocycles. The lowest BCUT2D eigenvalue weighted by molar-refractivity contribution is -0.684. The van der Waals surface area contributed by atoms with Crippen LogP contribution in [0.5, 0.6) is 0 Å². The molecule has 21 heavy (non-hydrogen) atoms. The fourth-order valence-electron chi connectivity index (χ4n) is 1.77. The molecule has 0 aliphatic carbocycles. The third-order valence-electron chi connectivity index (χ3n) is 2.80. The maximum absolute atomic E-state index is 12.0. The van der Waals surface area contributed by atoms with Gasteiger partial charge in [0.15, 0.2) is 18.2 Å². The van der Waals surface area contributed by atoms with Crippen LogP contribution in [-0.4, -0.2) is 11.7 Å². The van der Waals surface area contributed by atoms with Gasteiger partial charge in [0.05, 0.1) is 16.3 Å². The molecular weight excluding hydrogens is 311 g/mol. The van der Waals surface area contributed by atoms with Crippen molar-refractivity contribution in [2.24, 2.45) is 0 Å². The minimum Gasteiger partial charge on any atom is -0.319 e. The summed E-state index contributed by atoms with van der Waals surface area (Å²) in [5, 5.41) is 3.57. The standard InChI is InChI=1S/C15H12Cl2N2O2/c1-10(20)11-3-2-6-19(8-11)9-15(21)18-14-5-4-12(16)7-13(14)17/h2-8H,9H2,1H3/p+1. The first-order valence-corrected chi connectivity index (χ1v) is 6.96. The average molecular weight is 324 g/mol. The third kappa shape index (κ3) is 4.28. The Labute approximate surface area is 132 Å². The number of nitrogens with zero attached hydrogens (tertiary/aromatic N) is 1. The van der Waals surface area contributed by atoms with E-state index in [0.29, 0.717) is 21.3 Å². The predicted molar refractivity (Wildman–Crippen MR) is 81.7 cm³/mol. The van der Waals surface area contributed by atoms with Gasteiger partial charge in [0.1, 0.15) is 0 Å². The number of carbonyl (C=O) groups is 2. The van der Waals surface area contributed by atoms with Crippen molar-refractivity contribution in [2.45, 2.75) is 13.5 Å². The predicted octanol–water partition coefficient (Wildman–Crippen LogP) is 3.12. The number of hydrogen-bond donors (Lipinski definition) is 1. The summed E-state index contributed by atoms with van der Waals surface area (Å²) >= 11 is 11.8. The Kier molecular flexibility index (Phi) is 4.94. The lowest BCUT2D eigenvalue weighted by atomic mass is 10.2. The van der Waals surface area contributed by atoms with E-state index in [0.717, 1.165) is 0 Å². The smallest absolute Gasteiger partial charge is 0.290 e. The number of halogens is 2. The number of pyridine rings is 1. The Morgan fingerprint density at radius 2 is 2.00 bits per heavy atom. The van der Waals surface area contributed by atoms with Crippen LogP contribution in [0.3, 0.4) is 0 Å². The van der Waals surface area contributed by atoms with E-state index < -0.39 is 0 Å². The maximum atomic E-state index is 12.0. The zero-order valence-electron chi connectivity index (χ0n) is 11.3. The van der Waals surface area contributed by atoms with Gasteiger partial charge < -0.3 is 5.32 Å². The van der Waals surface area contributed by atoms with Gasteiger partial charge in [-0.15, -0.1) is 0 Å². The van der Waals surface area contributed by atoms with E-state index in [2.05, 4.69) is 5.32 Å². The SMILES string of the molecule is CC(=O)c1ccc[n+](CC(=O)Nc2ccc(Cl)cc2Cl)c1. The molecule has 0 atom stereocenters. The van der Waals surface area contributed by atoms with Gasteiger partial charge in [-0.25, -0.2) is 0 Å². The van der Waals surface area contributed by atoms with Crippen LogP contribution in [0.25, 0.3) is 0 Å². The second-order valence-electron chi connectivity index (χ2n) is 4.49. The van der Waals surface area contributed by atoms with E-state index in [1.54, 1.807) is 47.3 Å². The number of aromatic nitrogens is 1. The highest BCUT2D eigenvalue weighted by Crippen LogP contribution is 2.25. The summed E-state index contributed by atoms with van der Waals surface area (Å²) in [6.45, 7) is 1.56. The quantitative estimate of drug-likeness (QED) is 0.694. The summed E-state index contributed by atoms with van der Waals surface area (Å²) in [5.74, 6) is -0.296. The van der Waals surface area contributed by atoms with Gasteiger partial charge in [-0.1, -0.05) is 23.2 Å². The average Bonchev–Trinajstić information content (AvgIpc) is 2.42. The Morgan fingerprint density at radius 1 is 1.24 bits per heavy atom. The Bertz CT molecular complexity index is 702. The first-order valence-electron chi connectivity index (χ1n) is 6.20. The summed E-state index contributed by atoms with van der Waals surface area (Å²) in [4.78, 5) is 23.3. The normalized spacial score (nSPS) is 10.2. The molecule has 2 aromatic rings. The van der Waals surface area contributed by atoms with Crippen molar-refractivity contribution in [3.05, 3.63) is 58.3 Å². The number of nitrogens with one attached hydrogen (secondary N) is 1. The van der Waals surface area contributed by atoms with Gasteiger partial charge >= 0.3 is 0 Å². The molecule has 2 rings (SSSR count). The molecule has 0 fully saturated rings. The molecule has 0 unspecified atom stereocenters. The number of amides is 1. The molecule has 0 radical (unpaired) electrons. The molecule has 1 N–H and O–H groups in total. The van der Waals surface area contributed by atoms with Gasteiger partial charge in [0, 0.05) is 11.1 Å². The largest absolute Gasteiger partial charge is 0.319 e. The van der Waals surface area contributed by atoms with Crippen molar-refractivity contribution >= 4 is 40.6 Å². The number of anilines is 1. The number of hydrogen-bond acceptors (Lipinski definition) is 2. The van der Waals surface area contributed by atoms with Gasteiger partial charge in [-0.05, 0) is 31.2 Å². The second-order valence-corrected chi connectivity index (χ2v) is 5.34. The Morgan fingerprint density at radius 3 is 2.67 bits per heavy atom. The summed E-state index contributed by atoms with van der Waals surface area (Å²) < 4.78 is 1.63. The van der Waals surface area contributed by atoms with E-state index in [9.17, 15) is 9.59 Å². The molecule has 6 heteroatoms. The van der Waals surface area contributed by atoms with Crippen LogP contribution in [0.4, 0.5) is 5.69 Å². The van der Waals surface area contributed by atoms with E-state index in [-0.39, 0.29) is 18.2 Å². The fraction of sp³-hybridized carbons (Fsp3) is 0.133. The number of rotatable bonds is 4. The van der Waals surface area contributed by atoms with Crippen molar-refractivity contribution in [1.82, 2.24) is 0 Å². The third-order valence-corrected chi connectivity index (χ3v) is 3.34. The van der Waals surface area contributed by atoms with E-state index in [1.165, 1.54) is 6.92 Å². The van der Waals surface area contributed by atoms with Crippen molar-refractivity contribution in [1.29, 1.82) is 0 Å². The molecule has 0 bridgehead atoms. The van der Waals surface area contributed by atoms with Gasteiger partial charge in [-0.3, -0.25) is 9.59 Å². The Hall–Kier alpha value is -1.91. The molecule has 1 aromatic heterocycles. The number of carbonyl (C=O) groups excluding carboxylic acids is 2. The Balaban J connectivity index is 2.08. The van der Waals surface area contributed by atoms with E-state index in [4.69, 9.17) is 23.2 Å². The first-order chi connectivity index (χ1) is 9.95. The minimum absolute atomic E-state index is 0.0505. The number of ketones is 1. The van der Waals surface area contributed by atoms with Crippen LogP contribution in [0.1, 0.15) is 17.3 Å². The molecule has 1 amide bonds. The lowest BCUT2D eigenvalue weighted by Gasteiger charge is -2.06. The molecule has 4 nitrogen and oxygen atoms in total. The summed E-state index contributed by atoms with van der Waals surface area (Å²) in [6, 6.07) is 8.26. The van der Waals surface area contributed by atoms with Crippen molar-refractivity contribution in [3.8, 4) is 0 Å². The van der Waals surface area contributed by atoms with Crippen molar-refractivity contribution in [3.63, 3.8) is 0 Å². The van der Waals surface area contributed by atoms with E-state index >= 15 is 0 Å². The van der Waals surface area contributed by atoms with Crippen LogP contribution >= 0.6 is 23.2 Å². The van der Waals surface area contributed by atoms with Crippen LogP contribution in [-0.2, 0) is 11.3 Å². The number of Topliss-reactive ketones (excluding diaryl/α,β-unsaturated/α-hetero) is 1. The molecule has 0 aliphatic heterocycles. The van der Waals surface area contributed by atoms with E-state index in [1.807, 2.05) is 0 Å². The molecule has 108 valence electrons. The molecule has 0 saturated carbocycles. The highest BCUT2D eigenvalue weighted by atomic mass is 35.5. The van der Waals surface area contributed by atoms with Crippen molar-refractivity contribution < 1.29 is 14.2 Å². The zero-order chi connectivity index (χ0) is 15.4. The zero-order valence-corrected chi connectivity index (χ0v) is 12.8. The molecule has 0 aliphatic rings.